The van der Waals surface area contributed by atoms with Crippen molar-refractivity contribution in [1.82, 2.24) is 15.1 Å². The monoisotopic (exact) mass is 533 g/mol. The second kappa shape index (κ2) is 12.4. The standard InChI is InChI=1S/C31H37FN3O2P/c32-27-13-12-24(22-29(27)38)28-23-37-21-20-35(28)30(36)33-16-7-17-34-18-14-31(15-19-34,25-8-3-1-4-9-25)26-10-5-2-6-11-26/h1-6,8-13,22,28H,7,14-21,23,38H2,(H,33,36). The Bertz CT molecular complexity index is 1160. The maximum absolute atomic E-state index is 13.7. The van der Waals surface area contributed by atoms with Crippen molar-refractivity contribution in [3.05, 3.63) is 101 Å². The summed E-state index contributed by atoms with van der Waals surface area (Å²) < 4.78 is 19.4. The minimum Gasteiger partial charge on any atom is -0.377 e. The van der Waals surface area contributed by atoms with Gasteiger partial charge in [0.25, 0.3) is 0 Å². The zero-order valence-electron chi connectivity index (χ0n) is 21.8. The number of benzene rings is 3. The van der Waals surface area contributed by atoms with Crippen LogP contribution in [0, 0.1) is 5.82 Å². The normalized spacial score (nSPS) is 19.7. The Labute approximate surface area is 227 Å². The summed E-state index contributed by atoms with van der Waals surface area (Å²) in [5.41, 5.74) is 3.73. The number of ether oxygens (including phenoxy) is 1. The fraction of sp³-hybridized carbons (Fsp3) is 0.387. The average molecular weight is 534 g/mol. The molecule has 2 fully saturated rings. The predicted molar refractivity (Wildman–Crippen MR) is 153 cm³/mol. The first kappa shape index (κ1) is 26.8. The molecule has 3 aromatic carbocycles. The Hall–Kier alpha value is -2.79. The lowest BCUT2D eigenvalue weighted by Crippen LogP contribution is -2.49. The van der Waals surface area contributed by atoms with E-state index in [1.807, 2.05) is 4.90 Å². The molecule has 2 amide bonds. The van der Waals surface area contributed by atoms with Gasteiger partial charge in [-0.15, -0.1) is 9.24 Å². The highest BCUT2D eigenvalue weighted by Gasteiger charge is 2.37. The number of piperidine rings is 1. The zero-order valence-corrected chi connectivity index (χ0v) is 23.0. The van der Waals surface area contributed by atoms with Crippen LogP contribution in [0.5, 0.6) is 0 Å². The third-order valence-electron chi connectivity index (χ3n) is 8.08. The van der Waals surface area contributed by atoms with E-state index in [0.717, 1.165) is 44.5 Å². The number of nitrogens with one attached hydrogen (secondary N) is 1. The van der Waals surface area contributed by atoms with Crippen molar-refractivity contribution < 1.29 is 13.9 Å². The van der Waals surface area contributed by atoms with Gasteiger partial charge in [0.1, 0.15) is 5.82 Å². The molecule has 200 valence electrons. The summed E-state index contributed by atoms with van der Waals surface area (Å²) >= 11 is 0. The Balaban J connectivity index is 1.13. The van der Waals surface area contributed by atoms with E-state index in [1.54, 1.807) is 12.1 Å². The van der Waals surface area contributed by atoms with Gasteiger partial charge in [-0.05, 0) is 67.7 Å². The molecule has 0 saturated carbocycles. The zero-order chi connectivity index (χ0) is 26.4. The molecule has 38 heavy (non-hydrogen) atoms. The van der Waals surface area contributed by atoms with Crippen LogP contribution in [0.15, 0.2) is 78.9 Å². The molecule has 1 N–H and O–H groups in total. The first-order valence-electron chi connectivity index (χ1n) is 13.6. The first-order valence-corrected chi connectivity index (χ1v) is 14.2. The number of rotatable bonds is 7. The molecule has 7 heteroatoms. The van der Waals surface area contributed by atoms with Gasteiger partial charge in [0.2, 0.25) is 0 Å². The minimum atomic E-state index is -0.269. The summed E-state index contributed by atoms with van der Waals surface area (Å²) in [6.07, 6.45) is 3.06. The van der Waals surface area contributed by atoms with Crippen molar-refractivity contribution in [2.45, 2.75) is 30.7 Å². The molecule has 0 radical (unpaired) electrons. The van der Waals surface area contributed by atoms with Crippen LogP contribution in [-0.2, 0) is 10.2 Å². The number of nitrogens with zero attached hydrogens (tertiary/aromatic N) is 2. The minimum absolute atomic E-state index is 0.0514. The molecular weight excluding hydrogens is 496 g/mol. The topological polar surface area (TPSA) is 44.8 Å². The average Bonchev–Trinajstić information content (AvgIpc) is 2.98. The fourth-order valence-corrected chi connectivity index (χ4v) is 6.20. The number of hydrogen-bond donors (Lipinski definition) is 1. The fourth-order valence-electron chi connectivity index (χ4n) is 5.91. The number of amides is 2. The molecule has 0 aliphatic carbocycles. The molecule has 2 atom stereocenters. The van der Waals surface area contributed by atoms with Gasteiger partial charge in [0.05, 0.1) is 19.3 Å². The molecule has 2 unspecified atom stereocenters. The van der Waals surface area contributed by atoms with Crippen molar-refractivity contribution in [2.75, 3.05) is 45.9 Å². The van der Waals surface area contributed by atoms with Crippen molar-refractivity contribution in [2.24, 2.45) is 0 Å². The summed E-state index contributed by atoms with van der Waals surface area (Å²) in [6.45, 7) is 5.10. The second-order valence-electron chi connectivity index (χ2n) is 10.3. The number of carbonyl (C=O) groups is 1. The summed E-state index contributed by atoms with van der Waals surface area (Å²) in [5, 5.41) is 3.61. The molecule has 2 heterocycles. The van der Waals surface area contributed by atoms with Gasteiger partial charge in [0.15, 0.2) is 0 Å². The van der Waals surface area contributed by atoms with Gasteiger partial charge >= 0.3 is 6.03 Å². The third-order valence-corrected chi connectivity index (χ3v) is 8.53. The Morgan fingerprint density at radius 3 is 2.26 bits per heavy atom. The lowest BCUT2D eigenvalue weighted by atomic mass is 9.68. The smallest absolute Gasteiger partial charge is 0.318 e. The van der Waals surface area contributed by atoms with Crippen molar-refractivity contribution in [3.8, 4) is 0 Å². The van der Waals surface area contributed by atoms with Crippen LogP contribution in [0.2, 0.25) is 0 Å². The molecule has 2 saturated heterocycles. The quantitative estimate of drug-likeness (QED) is 0.348. The van der Waals surface area contributed by atoms with E-state index in [4.69, 9.17) is 4.74 Å². The first-order chi connectivity index (χ1) is 18.6. The Kier molecular flexibility index (Phi) is 8.73. The number of halogens is 1. The molecule has 0 spiro atoms. The summed E-state index contributed by atoms with van der Waals surface area (Å²) in [6, 6.07) is 26.5. The van der Waals surface area contributed by atoms with Gasteiger partial charge in [-0.1, -0.05) is 66.7 Å². The number of morpholine rings is 1. The third kappa shape index (κ3) is 5.93. The van der Waals surface area contributed by atoms with Crippen LogP contribution < -0.4 is 10.6 Å². The second-order valence-corrected chi connectivity index (χ2v) is 10.9. The van der Waals surface area contributed by atoms with E-state index in [9.17, 15) is 9.18 Å². The lowest BCUT2D eigenvalue weighted by molar-refractivity contribution is 0.0116. The molecule has 5 nitrogen and oxygen atoms in total. The van der Waals surface area contributed by atoms with Crippen molar-refractivity contribution in [1.29, 1.82) is 0 Å². The highest BCUT2D eigenvalue weighted by Crippen LogP contribution is 2.41. The highest BCUT2D eigenvalue weighted by atomic mass is 31.0. The molecule has 0 bridgehead atoms. The summed E-state index contributed by atoms with van der Waals surface area (Å²) in [4.78, 5) is 17.4. The van der Waals surface area contributed by atoms with Crippen molar-refractivity contribution in [3.63, 3.8) is 0 Å². The molecule has 5 rings (SSSR count). The van der Waals surface area contributed by atoms with E-state index >= 15 is 0 Å². The van der Waals surface area contributed by atoms with Crippen LogP contribution in [0.4, 0.5) is 9.18 Å². The highest BCUT2D eigenvalue weighted by molar-refractivity contribution is 7.27. The van der Waals surface area contributed by atoms with Crippen LogP contribution in [-0.4, -0.2) is 61.8 Å². The lowest BCUT2D eigenvalue weighted by Gasteiger charge is -2.43. The number of hydrogen-bond acceptors (Lipinski definition) is 3. The molecule has 0 aromatic heterocycles. The predicted octanol–water partition coefficient (Wildman–Crippen LogP) is 4.88. The Morgan fingerprint density at radius 2 is 1.63 bits per heavy atom. The van der Waals surface area contributed by atoms with Crippen LogP contribution >= 0.6 is 9.24 Å². The van der Waals surface area contributed by atoms with Gasteiger partial charge in [-0.2, -0.15) is 0 Å². The summed E-state index contributed by atoms with van der Waals surface area (Å²) in [7, 11) is 2.42. The molecule has 2 aliphatic heterocycles. The summed E-state index contributed by atoms with van der Waals surface area (Å²) in [5.74, 6) is -0.269. The Morgan fingerprint density at radius 1 is 0.974 bits per heavy atom. The molecule has 3 aromatic rings. The van der Waals surface area contributed by atoms with Crippen LogP contribution in [0.25, 0.3) is 0 Å². The van der Waals surface area contributed by atoms with E-state index < -0.39 is 0 Å². The maximum atomic E-state index is 13.7. The van der Waals surface area contributed by atoms with Gasteiger partial charge in [-0.3, -0.25) is 0 Å². The van der Waals surface area contributed by atoms with Gasteiger partial charge < -0.3 is 19.9 Å². The van der Waals surface area contributed by atoms with Gasteiger partial charge in [0, 0.05) is 23.8 Å². The van der Waals surface area contributed by atoms with Gasteiger partial charge in [-0.25, -0.2) is 9.18 Å². The SMILES string of the molecule is O=C(NCCCN1CCC(c2ccccc2)(c2ccccc2)CC1)N1CCOCC1c1ccc(F)c(P)c1. The van der Waals surface area contributed by atoms with E-state index in [1.165, 1.54) is 17.2 Å². The molecular formula is C31H37FN3O2P. The van der Waals surface area contributed by atoms with E-state index in [0.29, 0.717) is 31.6 Å². The number of likely N-dealkylation sites (tertiary alicyclic amines) is 1. The van der Waals surface area contributed by atoms with E-state index in [-0.39, 0.29) is 23.3 Å². The number of carbonyl (C=O) groups excluding carboxylic acids is 1. The van der Waals surface area contributed by atoms with Crippen molar-refractivity contribution >= 4 is 20.6 Å². The maximum Gasteiger partial charge on any atom is 0.318 e. The van der Waals surface area contributed by atoms with Crippen LogP contribution in [0.1, 0.15) is 42.0 Å². The van der Waals surface area contributed by atoms with Crippen LogP contribution in [0.3, 0.4) is 0 Å². The van der Waals surface area contributed by atoms with E-state index in [2.05, 4.69) is 80.1 Å². The number of urea groups is 1. The largest absolute Gasteiger partial charge is 0.377 e. The molecule has 2 aliphatic rings.